The molecular weight excluding hydrogens is 222 g/mol. The van der Waals surface area contributed by atoms with Crippen LogP contribution in [0.5, 0.6) is 0 Å². The molecule has 1 rings (SSSR count). The minimum Gasteiger partial charge on any atom is -0.298 e. The molecule has 0 radical (unpaired) electrons. The monoisotopic (exact) mass is 247 g/mol. The third-order valence-electron chi connectivity index (χ3n) is 1.91. The lowest BCUT2D eigenvalue weighted by molar-refractivity contribution is 0.112. The second kappa shape index (κ2) is 13.4. The molecule has 0 heterocycles. The highest BCUT2D eigenvalue weighted by Crippen LogP contribution is 2.05. The predicted molar refractivity (Wildman–Crippen MR) is 81.8 cm³/mol. The molecular formula is C16H25NO. The van der Waals surface area contributed by atoms with Gasteiger partial charge in [0.2, 0.25) is 0 Å². The van der Waals surface area contributed by atoms with Gasteiger partial charge in [0, 0.05) is 12.6 Å². The van der Waals surface area contributed by atoms with Gasteiger partial charge in [0.1, 0.15) is 6.29 Å². The molecule has 0 spiro atoms. The van der Waals surface area contributed by atoms with E-state index in [1.54, 1.807) is 19.2 Å². The Kier molecular flexibility index (Phi) is 13.9. The Morgan fingerprint density at radius 1 is 1.06 bits per heavy atom. The highest BCUT2D eigenvalue weighted by atomic mass is 16.1. The second-order valence-electron chi connectivity index (χ2n) is 2.85. The summed E-state index contributed by atoms with van der Waals surface area (Å²) in [6.07, 6.45) is 4.72. The number of hydrogen-bond acceptors (Lipinski definition) is 2. The summed E-state index contributed by atoms with van der Waals surface area (Å²) in [7, 11) is 1.75. The molecule has 0 saturated carbocycles. The summed E-state index contributed by atoms with van der Waals surface area (Å²) in [5.41, 5.74) is 2.63. The van der Waals surface area contributed by atoms with E-state index < -0.39 is 0 Å². The maximum absolute atomic E-state index is 10.4. The van der Waals surface area contributed by atoms with E-state index in [2.05, 4.69) is 4.99 Å². The van der Waals surface area contributed by atoms with E-state index in [0.717, 1.165) is 17.6 Å². The van der Waals surface area contributed by atoms with Crippen molar-refractivity contribution in [3.63, 3.8) is 0 Å². The molecule has 2 heteroatoms. The normalized spacial score (nSPS) is 10.0. The van der Waals surface area contributed by atoms with Crippen LogP contribution >= 0.6 is 0 Å². The third kappa shape index (κ3) is 6.79. The van der Waals surface area contributed by atoms with E-state index in [1.807, 2.05) is 58.9 Å². The first-order chi connectivity index (χ1) is 8.81. The lowest BCUT2D eigenvalue weighted by Gasteiger charge is -2.00. The van der Waals surface area contributed by atoms with Crippen LogP contribution in [0.3, 0.4) is 0 Å². The maximum atomic E-state index is 10.4. The summed E-state index contributed by atoms with van der Waals surface area (Å²) in [6, 6.07) is 7.37. The van der Waals surface area contributed by atoms with Crippen molar-refractivity contribution in [1.82, 2.24) is 0 Å². The fourth-order valence-corrected chi connectivity index (χ4v) is 1.19. The topological polar surface area (TPSA) is 29.4 Å². The third-order valence-corrected chi connectivity index (χ3v) is 1.91. The van der Waals surface area contributed by atoms with Gasteiger partial charge in [-0.05, 0) is 18.6 Å². The lowest BCUT2D eigenvalue weighted by Crippen LogP contribution is -1.96. The van der Waals surface area contributed by atoms with Gasteiger partial charge in [-0.3, -0.25) is 9.79 Å². The van der Waals surface area contributed by atoms with E-state index >= 15 is 0 Å². The molecule has 100 valence electrons. The zero-order valence-corrected chi connectivity index (χ0v) is 12.4. The number of nitrogens with zero attached hydrogens (tertiary/aromatic N) is 1. The van der Waals surface area contributed by atoms with Gasteiger partial charge < -0.3 is 0 Å². The summed E-state index contributed by atoms with van der Waals surface area (Å²) in [6.45, 7) is 9.95. The van der Waals surface area contributed by atoms with Gasteiger partial charge in [0.15, 0.2) is 0 Å². The van der Waals surface area contributed by atoms with Crippen LogP contribution < -0.4 is 0 Å². The SMILES string of the molecule is C/C=C\C(=NC)c1ccc(C=O)cc1.CC.CC. The van der Waals surface area contributed by atoms with E-state index in [4.69, 9.17) is 0 Å². The molecule has 18 heavy (non-hydrogen) atoms. The smallest absolute Gasteiger partial charge is 0.150 e. The maximum Gasteiger partial charge on any atom is 0.150 e. The molecule has 0 aliphatic carbocycles. The van der Waals surface area contributed by atoms with Crippen LogP contribution in [0.15, 0.2) is 41.4 Å². The van der Waals surface area contributed by atoms with Crippen LogP contribution in [-0.4, -0.2) is 19.0 Å². The fourth-order valence-electron chi connectivity index (χ4n) is 1.19. The average molecular weight is 247 g/mol. The van der Waals surface area contributed by atoms with Gasteiger partial charge in [-0.25, -0.2) is 0 Å². The van der Waals surface area contributed by atoms with Crippen LogP contribution in [0.2, 0.25) is 0 Å². The first-order valence-corrected chi connectivity index (χ1v) is 6.47. The minimum absolute atomic E-state index is 0.685. The molecule has 0 saturated heterocycles. The number of carbonyl (C=O) groups excluding carboxylic acids is 1. The van der Waals surface area contributed by atoms with Crippen molar-refractivity contribution in [3.05, 3.63) is 47.5 Å². The Bertz CT molecular complexity index is 361. The van der Waals surface area contributed by atoms with Gasteiger partial charge in [0.05, 0.1) is 5.71 Å². The van der Waals surface area contributed by atoms with E-state index in [-0.39, 0.29) is 0 Å². The van der Waals surface area contributed by atoms with Gasteiger partial charge in [-0.2, -0.15) is 0 Å². The molecule has 0 aromatic heterocycles. The number of benzene rings is 1. The van der Waals surface area contributed by atoms with Gasteiger partial charge in [-0.15, -0.1) is 0 Å². The predicted octanol–water partition coefficient (Wildman–Crippen LogP) is 4.55. The second-order valence-corrected chi connectivity index (χ2v) is 2.85. The van der Waals surface area contributed by atoms with Crippen molar-refractivity contribution in [2.75, 3.05) is 7.05 Å². The molecule has 0 atom stereocenters. The van der Waals surface area contributed by atoms with Crippen molar-refractivity contribution in [1.29, 1.82) is 0 Å². The number of hydrogen-bond donors (Lipinski definition) is 0. The van der Waals surface area contributed by atoms with Crippen molar-refractivity contribution in [3.8, 4) is 0 Å². The fraction of sp³-hybridized carbons (Fsp3) is 0.375. The number of aliphatic imine (C=N–C) groups is 1. The van der Waals surface area contributed by atoms with Gasteiger partial charge >= 0.3 is 0 Å². The Balaban J connectivity index is 0. The highest BCUT2D eigenvalue weighted by Gasteiger charge is 1.97. The molecule has 2 nitrogen and oxygen atoms in total. The van der Waals surface area contributed by atoms with Crippen molar-refractivity contribution in [2.45, 2.75) is 34.6 Å². The largest absolute Gasteiger partial charge is 0.298 e. The van der Waals surface area contributed by atoms with E-state index in [0.29, 0.717) is 5.56 Å². The number of carbonyl (C=O) groups is 1. The molecule has 1 aromatic carbocycles. The zero-order valence-electron chi connectivity index (χ0n) is 12.4. The van der Waals surface area contributed by atoms with Crippen LogP contribution in [0.25, 0.3) is 0 Å². The van der Waals surface area contributed by atoms with Crippen LogP contribution in [-0.2, 0) is 0 Å². The Morgan fingerprint density at radius 2 is 1.56 bits per heavy atom. The van der Waals surface area contributed by atoms with Crippen molar-refractivity contribution in [2.24, 2.45) is 4.99 Å². The van der Waals surface area contributed by atoms with Crippen molar-refractivity contribution >= 4 is 12.0 Å². The standard InChI is InChI=1S/C12H13NO.2C2H6/c1-3-4-12(13-2)11-7-5-10(9-14)6-8-11;2*1-2/h3-9H,1-2H3;2*1-2H3/b4-3-,13-12?;;. The van der Waals surface area contributed by atoms with Crippen LogP contribution in [0.4, 0.5) is 0 Å². The Labute approximate surface area is 111 Å². The quantitative estimate of drug-likeness (QED) is 0.569. The van der Waals surface area contributed by atoms with E-state index in [1.165, 1.54) is 0 Å². The number of allylic oxidation sites excluding steroid dienone is 2. The summed E-state index contributed by atoms with van der Waals surface area (Å²) in [4.78, 5) is 14.6. The molecule has 0 unspecified atom stereocenters. The highest BCUT2D eigenvalue weighted by molar-refractivity contribution is 6.08. The molecule has 0 N–H and O–H groups in total. The summed E-state index contributed by atoms with van der Waals surface area (Å²) in [5, 5.41) is 0. The number of rotatable bonds is 3. The first kappa shape index (κ1) is 18.7. The van der Waals surface area contributed by atoms with Crippen molar-refractivity contribution < 1.29 is 4.79 Å². The molecule has 0 bridgehead atoms. The first-order valence-electron chi connectivity index (χ1n) is 6.47. The molecule has 1 aromatic rings. The summed E-state index contributed by atoms with van der Waals surface area (Å²) < 4.78 is 0. The number of aldehydes is 1. The molecule has 0 fully saturated rings. The summed E-state index contributed by atoms with van der Waals surface area (Å²) >= 11 is 0. The Hall–Kier alpha value is -1.70. The average Bonchev–Trinajstić information content (AvgIpc) is 2.49. The van der Waals surface area contributed by atoms with Gasteiger partial charge in [0.25, 0.3) is 0 Å². The van der Waals surface area contributed by atoms with Crippen LogP contribution in [0.1, 0.15) is 50.5 Å². The minimum atomic E-state index is 0.685. The lowest BCUT2D eigenvalue weighted by atomic mass is 10.1. The molecule has 0 amide bonds. The van der Waals surface area contributed by atoms with Crippen LogP contribution in [0, 0.1) is 0 Å². The molecule has 0 aliphatic rings. The summed E-state index contributed by atoms with van der Waals surface area (Å²) in [5.74, 6) is 0. The Morgan fingerprint density at radius 3 is 1.89 bits per heavy atom. The molecule has 0 aliphatic heterocycles. The zero-order chi connectivity index (χ0) is 14.4. The van der Waals surface area contributed by atoms with E-state index in [9.17, 15) is 4.79 Å². The van der Waals surface area contributed by atoms with Gasteiger partial charge in [-0.1, -0.05) is 58.0 Å².